The summed E-state index contributed by atoms with van der Waals surface area (Å²) in [6, 6.07) is 6.17. The van der Waals surface area contributed by atoms with Gasteiger partial charge in [0.1, 0.15) is 0 Å². The van der Waals surface area contributed by atoms with Crippen molar-refractivity contribution < 1.29 is 0 Å². The van der Waals surface area contributed by atoms with Gasteiger partial charge >= 0.3 is 0 Å². The van der Waals surface area contributed by atoms with Crippen LogP contribution < -0.4 is 5.73 Å². The zero-order valence-electron chi connectivity index (χ0n) is 7.05. The zero-order valence-corrected chi connectivity index (χ0v) is 7.81. The van der Waals surface area contributed by atoms with Crippen molar-refractivity contribution >= 4 is 11.6 Å². The lowest BCUT2D eigenvalue weighted by atomic mass is 10.0. The Labute approximate surface area is 77.5 Å². The fourth-order valence-corrected chi connectivity index (χ4v) is 2.12. The first-order chi connectivity index (χ1) is 5.70. The molecule has 0 heterocycles. The van der Waals surface area contributed by atoms with E-state index in [0.717, 1.165) is 11.4 Å². The molecule has 0 amide bonds. The topological polar surface area (TPSA) is 26.0 Å². The first kappa shape index (κ1) is 8.09. The van der Waals surface area contributed by atoms with Gasteiger partial charge in [0.05, 0.1) is 0 Å². The van der Waals surface area contributed by atoms with Gasteiger partial charge in [0.2, 0.25) is 0 Å². The molecule has 0 aromatic heterocycles. The predicted octanol–water partition coefficient (Wildman–Crippen LogP) is 2.53. The molecule has 1 aromatic carbocycles. The summed E-state index contributed by atoms with van der Waals surface area (Å²) >= 11 is 6.04. The van der Waals surface area contributed by atoms with E-state index in [0.29, 0.717) is 5.92 Å². The molecule has 1 aliphatic rings. The van der Waals surface area contributed by atoms with Crippen LogP contribution in [0.15, 0.2) is 18.2 Å². The monoisotopic (exact) mass is 181 g/mol. The zero-order chi connectivity index (χ0) is 8.72. The Morgan fingerprint density at radius 2 is 2.25 bits per heavy atom. The van der Waals surface area contributed by atoms with E-state index in [1.807, 2.05) is 12.1 Å². The van der Waals surface area contributed by atoms with Crippen molar-refractivity contribution in [3.8, 4) is 0 Å². The molecule has 64 valence electrons. The minimum atomic E-state index is 0.179. The smallest absolute Gasteiger partial charge is 0.0441 e. The fourth-order valence-electron chi connectivity index (χ4n) is 1.86. The van der Waals surface area contributed by atoms with Crippen molar-refractivity contribution in [2.45, 2.75) is 19.4 Å². The van der Waals surface area contributed by atoms with Gasteiger partial charge in [0.15, 0.2) is 0 Å². The van der Waals surface area contributed by atoms with Crippen molar-refractivity contribution in [2.75, 3.05) is 0 Å². The van der Waals surface area contributed by atoms with E-state index >= 15 is 0 Å². The van der Waals surface area contributed by atoms with Crippen LogP contribution in [0.4, 0.5) is 0 Å². The SMILES string of the molecule is CC1Cc2c(Cl)cccc2C1N. The van der Waals surface area contributed by atoms with E-state index in [1.165, 1.54) is 11.1 Å². The molecule has 0 saturated carbocycles. The predicted molar refractivity (Wildman–Crippen MR) is 51.2 cm³/mol. The maximum absolute atomic E-state index is 6.04. The number of hydrogen-bond donors (Lipinski definition) is 1. The van der Waals surface area contributed by atoms with Crippen LogP contribution >= 0.6 is 11.6 Å². The van der Waals surface area contributed by atoms with Gasteiger partial charge in [-0.05, 0) is 29.5 Å². The first-order valence-electron chi connectivity index (χ1n) is 4.23. The lowest BCUT2D eigenvalue weighted by molar-refractivity contribution is 0.513. The highest BCUT2D eigenvalue weighted by molar-refractivity contribution is 6.31. The first-order valence-corrected chi connectivity index (χ1v) is 4.61. The van der Waals surface area contributed by atoms with Gasteiger partial charge in [-0.2, -0.15) is 0 Å². The molecule has 1 aromatic rings. The number of hydrogen-bond acceptors (Lipinski definition) is 1. The minimum Gasteiger partial charge on any atom is -0.324 e. The average molecular weight is 182 g/mol. The molecule has 2 atom stereocenters. The second-order valence-corrected chi connectivity index (χ2v) is 3.92. The molecule has 2 N–H and O–H groups in total. The van der Waals surface area contributed by atoms with Crippen LogP contribution in [0.1, 0.15) is 24.1 Å². The Kier molecular flexibility index (Phi) is 1.85. The normalized spacial score (nSPS) is 27.2. The number of fused-ring (bicyclic) bond motifs is 1. The van der Waals surface area contributed by atoms with Crippen molar-refractivity contribution in [3.63, 3.8) is 0 Å². The van der Waals surface area contributed by atoms with E-state index < -0.39 is 0 Å². The van der Waals surface area contributed by atoms with E-state index in [-0.39, 0.29) is 6.04 Å². The Morgan fingerprint density at radius 1 is 1.50 bits per heavy atom. The number of benzene rings is 1. The van der Waals surface area contributed by atoms with Gasteiger partial charge < -0.3 is 5.73 Å². The number of nitrogens with two attached hydrogens (primary N) is 1. The largest absolute Gasteiger partial charge is 0.324 e. The van der Waals surface area contributed by atoms with Crippen LogP contribution in [0.25, 0.3) is 0 Å². The summed E-state index contributed by atoms with van der Waals surface area (Å²) in [6.07, 6.45) is 1.02. The molecule has 2 rings (SSSR count). The van der Waals surface area contributed by atoms with Gasteiger partial charge in [0, 0.05) is 11.1 Å². The highest BCUT2D eigenvalue weighted by Gasteiger charge is 2.27. The van der Waals surface area contributed by atoms with Gasteiger partial charge in [-0.3, -0.25) is 0 Å². The molecule has 12 heavy (non-hydrogen) atoms. The summed E-state index contributed by atoms with van der Waals surface area (Å²) in [4.78, 5) is 0. The quantitative estimate of drug-likeness (QED) is 0.654. The molecule has 0 saturated heterocycles. The van der Waals surface area contributed by atoms with E-state index in [1.54, 1.807) is 0 Å². The lowest BCUT2D eigenvalue weighted by Gasteiger charge is -2.08. The molecule has 0 fully saturated rings. The van der Waals surface area contributed by atoms with Crippen LogP contribution in [0.3, 0.4) is 0 Å². The number of halogens is 1. The Hall–Kier alpha value is -0.530. The standard InChI is InChI=1S/C10H12ClN/c1-6-5-8-7(10(6)12)3-2-4-9(8)11/h2-4,6,10H,5,12H2,1H3. The van der Waals surface area contributed by atoms with Crippen LogP contribution in [-0.2, 0) is 6.42 Å². The fraction of sp³-hybridized carbons (Fsp3) is 0.400. The summed E-state index contributed by atoms with van der Waals surface area (Å²) in [5, 5.41) is 0.868. The van der Waals surface area contributed by atoms with E-state index in [2.05, 4.69) is 13.0 Å². The highest BCUT2D eigenvalue weighted by atomic mass is 35.5. The molecular weight excluding hydrogens is 170 g/mol. The maximum Gasteiger partial charge on any atom is 0.0441 e. The van der Waals surface area contributed by atoms with Crippen molar-refractivity contribution in [1.29, 1.82) is 0 Å². The third-order valence-electron chi connectivity index (χ3n) is 2.65. The van der Waals surface area contributed by atoms with Gasteiger partial charge in [0.25, 0.3) is 0 Å². The molecule has 0 radical (unpaired) electrons. The van der Waals surface area contributed by atoms with Crippen molar-refractivity contribution in [3.05, 3.63) is 34.3 Å². The maximum atomic E-state index is 6.04. The minimum absolute atomic E-state index is 0.179. The van der Waals surface area contributed by atoms with Gasteiger partial charge in [-0.25, -0.2) is 0 Å². The summed E-state index contributed by atoms with van der Waals surface area (Å²) in [5.74, 6) is 0.528. The Morgan fingerprint density at radius 3 is 2.92 bits per heavy atom. The van der Waals surface area contributed by atoms with Crippen LogP contribution in [0.5, 0.6) is 0 Å². The molecule has 0 spiro atoms. The van der Waals surface area contributed by atoms with Crippen molar-refractivity contribution in [1.82, 2.24) is 0 Å². The molecule has 0 aliphatic heterocycles. The van der Waals surface area contributed by atoms with E-state index in [9.17, 15) is 0 Å². The molecule has 1 nitrogen and oxygen atoms in total. The summed E-state index contributed by atoms with van der Waals surface area (Å²) in [6.45, 7) is 2.17. The Bertz CT molecular complexity index is 309. The van der Waals surface area contributed by atoms with Crippen molar-refractivity contribution in [2.24, 2.45) is 11.7 Å². The van der Waals surface area contributed by atoms with Gasteiger partial charge in [-0.15, -0.1) is 0 Å². The summed E-state index contributed by atoms with van der Waals surface area (Å²) < 4.78 is 0. The molecule has 2 unspecified atom stereocenters. The summed E-state index contributed by atoms with van der Waals surface area (Å²) in [5.41, 5.74) is 8.48. The molecule has 0 bridgehead atoms. The lowest BCUT2D eigenvalue weighted by Crippen LogP contribution is -2.13. The second kappa shape index (κ2) is 2.75. The van der Waals surface area contributed by atoms with Crippen LogP contribution in [0, 0.1) is 5.92 Å². The third kappa shape index (κ3) is 1.05. The van der Waals surface area contributed by atoms with Gasteiger partial charge in [-0.1, -0.05) is 30.7 Å². The average Bonchev–Trinajstić information content (AvgIpc) is 2.32. The second-order valence-electron chi connectivity index (χ2n) is 3.51. The van der Waals surface area contributed by atoms with E-state index in [4.69, 9.17) is 17.3 Å². The summed E-state index contributed by atoms with van der Waals surface area (Å²) in [7, 11) is 0. The van der Waals surface area contributed by atoms with Crippen LogP contribution in [-0.4, -0.2) is 0 Å². The van der Waals surface area contributed by atoms with Crippen LogP contribution in [0.2, 0.25) is 5.02 Å². The number of rotatable bonds is 0. The Balaban J connectivity index is 2.53. The molecule has 2 heteroatoms. The molecule has 1 aliphatic carbocycles. The highest BCUT2D eigenvalue weighted by Crippen LogP contribution is 2.37. The molecular formula is C10H12ClN. The third-order valence-corrected chi connectivity index (χ3v) is 3.01.